The Morgan fingerprint density at radius 3 is 2.00 bits per heavy atom. The maximum absolute atomic E-state index is 5.83. The number of methoxy groups -OCH3 is 4. The molecule has 0 bridgehead atoms. The standard InChI is InChI=1S/C30H30O4/c1-7-21-23(15-16-27(31-3)29(21)33-5)22-13-14-24-25(19(22)2)18-28(32-4)30(34-6)26(24)17-20-11-9-8-10-12-20/h7-16,18H,1,17H2,2-6H3. The number of hydrogen-bond acceptors (Lipinski definition) is 4. The van der Waals surface area contributed by atoms with E-state index in [4.69, 9.17) is 18.9 Å². The fraction of sp³-hybridized carbons (Fsp3) is 0.200. The molecule has 174 valence electrons. The van der Waals surface area contributed by atoms with Gasteiger partial charge in [0.25, 0.3) is 0 Å². The highest BCUT2D eigenvalue weighted by Crippen LogP contribution is 2.44. The zero-order chi connectivity index (χ0) is 24.2. The predicted octanol–water partition coefficient (Wildman–Crippen LogP) is 7.08. The van der Waals surface area contributed by atoms with E-state index < -0.39 is 0 Å². The highest BCUT2D eigenvalue weighted by molar-refractivity contribution is 5.98. The summed E-state index contributed by atoms with van der Waals surface area (Å²) in [5.41, 5.74) is 6.49. The second-order valence-corrected chi connectivity index (χ2v) is 8.05. The van der Waals surface area contributed by atoms with Crippen LogP contribution in [0.2, 0.25) is 0 Å². The van der Waals surface area contributed by atoms with Crippen molar-refractivity contribution in [2.75, 3.05) is 28.4 Å². The van der Waals surface area contributed by atoms with Gasteiger partial charge in [0.2, 0.25) is 0 Å². The quantitative estimate of drug-likeness (QED) is 0.285. The largest absolute Gasteiger partial charge is 0.493 e. The average Bonchev–Trinajstić information content (AvgIpc) is 2.88. The van der Waals surface area contributed by atoms with Crippen LogP contribution in [0.25, 0.3) is 28.0 Å². The number of rotatable bonds is 8. The summed E-state index contributed by atoms with van der Waals surface area (Å²) in [6.45, 7) is 6.17. The molecule has 0 radical (unpaired) electrons. The highest BCUT2D eigenvalue weighted by atomic mass is 16.5. The lowest BCUT2D eigenvalue weighted by atomic mass is 9.88. The van der Waals surface area contributed by atoms with Crippen LogP contribution in [0.15, 0.2) is 67.2 Å². The summed E-state index contributed by atoms with van der Waals surface area (Å²) < 4.78 is 22.7. The van der Waals surface area contributed by atoms with E-state index in [1.54, 1.807) is 28.4 Å². The van der Waals surface area contributed by atoms with E-state index in [1.807, 2.05) is 18.2 Å². The molecule has 0 aliphatic carbocycles. The molecule has 0 amide bonds. The van der Waals surface area contributed by atoms with Crippen molar-refractivity contribution in [3.05, 3.63) is 89.5 Å². The molecule has 4 aromatic rings. The van der Waals surface area contributed by atoms with Gasteiger partial charge in [-0.15, -0.1) is 0 Å². The van der Waals surface area contributed by atoms with Crippen molar-refractivity contribution < 1.29 is 18.9 Å². The zero-order valence-corrected chi connectivity index (χ0v) is 20.4. The summed E-state index contributed by atoms with van der Waals surface area (Å²) in [7, 11) is 6.66. The molecule has 0 atom stereocenters. The summed E-state index contributed by atoms with van der Waals surface area (Å²) >= 11 is 0. The van der Waals surface area contributed by atoms with Gasteiger partial charge in [0.15, 0.2) is 23.0 Å². The molecule has 0 aliphatic rings. The van der Waals surface area contributed by atoms with Crippen LogP contribution in [0.4, 0.5) is 0 Å². The molecule has 0 spiro atoms. The Hall–Kier alpha value is -3.92. The smallest absolute Gasteiger partial charge is 0.168 e. The summed E-state index contributed by atoms with van der Waals surface area (Å²) in [6.07, 6.45) is 2.56. The van der Waals surface area contributed by atoms with Crippen molar-refractivity contribution in [3.63, 3.8) is 0 Å². The molecular formula is C30H30O4. The van der Waals surface area contributed by atoms with E-state index in [-0.39, 0.29) is 0 Å². The third-order valence-corrected chi connectivity index (χ3v) is 6.34. The van der Waals surface area contributed by atoms with Crippen molar-refractivity contribution in [2.45, 2.75) is 13.3 Å². The second kappa shape index (κ2) is 9.92. The van der Waals surface area contributed by atoms with E-state index in [0.717, 1.165) is 56.5 Å². The summed E-state index contributed by atoms with van der Waals surface area (Å²) in [4.78, 5) is 0. The minimum atomic E-state index is 0.673. The summed E-state index contributed by atoms with van der Waals surface area (Å²) in [5.74, 6) is 2.84. The predicted molar refractivity (Wildman–Crippen MR) is 140 cm³/mol. The van der Waals surface area contributed by atoms with Crippen LogP contribution < -0.4 is 18.9 Å². The van der Waals surface area contributed by atoms with Gasteiger partial charge in [-0.2, -0.15) is 0 Å². The lowest BCUT2D eigenvalue weighted by Crippen LogP contribution is -2.01. The van der Waals surface area contributed by atoms with Gasteiger partial charge in [0.1, 0.15) is 0 Å². The molecule has 0 aromatic heterocycles. The summed E-state index contributed by atoms with van der Waals surface area (Å²) in [5, 5.41) is 2.26. The van der Waals surface area contributed by atoms with Gasteiger partial charge < -0.3 is 18.9 Å². The minimum absolute atomic E-state index is 0.673. The number of fused-ring (bicyclic) bond motifs is 1. The van der Waals surface area contributed by atoms with E-state index >= 15 is 0 Å². The van der Waals surface area contributed by atoms with Crippen LogP contribution in [-0.4, -0.2) is 28.4 Å². The Morgan fingerprint density at radius 2 is 1.38 bits per heavy atom. The topological polar surface area (TPSA) is 36.9 Å². The molecule has 4 nitrogen and oxygen atoms in total. The van der Waals surface area contributed by atoms with E-state index in [9.17, 15) is 0 Å². The molecule has 4 heteroatoms. The number of aryl methyl sites for hydroxylation is 1. The zero-order valence-electron chi connectivity index (χ0n) is 20.4. The molecule has 4 aromatic carbocycles. The van der Waals surface area contributed by atoms with Gasteiger partial charge in [-0.3, -0.25) is 0 Å². The minimum Gasteiger partial charge on any atom is -0.493 e. The monoisotopic (exact) mass is 454 g/mol. The first kappa shape index (κ1) is 23.2. The van der Waals surface area contributed by atoms with Gasteiger partial charge in [-0.05, 0) is 58.1 Å². The molecule has 0 unspecified atom stereocenters. The average molecular weight is 455 g/mol. The molecule has 4 rings (SSSR count). The maximum atomic E-state index is 5.83. The van der Waals surface area contributed by atoms with Gasteiger partial charge >= 0.3 is 0 Å². The SMILES string of the molecule is C=Cc1c(-c2ccc3c(Cc4ccccc4)c(OC)c(OC)cc3c2C)ccc(OC)c1OC. The van der Waals surface area contributed by atoms with Gasteiger partial charge in [-0.25, -0.2) is 0 Å². The van der Waals surface area contributed by atoms with E-state index in [0.29, 0.717) is 11.5 Å². The van der Waals surface area contributed by atoms with Crippen LogP contribution in [0.3, 0.4) is 0 Å². The van der Waals surface area contributed by atoms with Gasteiger partial charge in [-0.1, -0.05) is 55.1 Å². The van der Waals surface area contributed by atoms with Gasteiger partial charge in [0, 0.05) is 17.5 Å². The summed E-state index contributed by atoms with van der Waals surface area (Å²) in [6, 6.07) is 20.8. The third-order valence-electron chi connectivity index (χ3n) is 6.34. The van der Waals surface area contributed by atoms with Crippen LogP contribution in [0, 0.1) is 6.92 Å². The fourth-order valence-corrected chi connectivity index (χ4v) is 4.68. The first-order valence-electron chi connectivity index (χ1n) is 11.2. The highest BCUT2D eigenvalue weighted by Gasteiger charge is 2.20. The molecule has 0 saturated heterocycles. The maximum Gasteiger partial charge on any atom is 0.168 e. The van der Waals surface area contributed by atoms with Crippen molar-refractivity contribution in [2.24, 2.45) is 0 Å². The molecule has 34 heavy (non-hydrogen) atoms. The number of benzene rings is 4. The van der Waals surface area contributed by atoms with E-state index in [1.165, 1.54) is 5.56 Å². The number of ether oxygens (including phenoxy) is 4. The normalized spacial score (nSPS) is 10.7. The molecule has 0 N–H and O–H groups in total. The Kier molecular flexibility index (Phi) is 6.78. The Labute approximate surface area is 201 Å². The van der Waals surface area contributed by atoms with Crippen molar-refractivity contribution in [1.82, 2.24) is 0 Å². The van der Waals surface area contributed by atoms with Crippen LogP contribution in [-0.2, 0) is 6.42 Å². The molecule has 0 saturated carbocycles. The molecule has 0 fully saturated rings. The first-order chi connectivity index (χ1) is 16.6. The second-order valence-electron chi connectivity index (χ2n) is 8.05. The number of hydrogen-bond donors (Lipinski definition) is 0. The van der Waals surface area contributed by atoms with E-state index in [2.05, 4.69) is 62.0 Å². The Balaban J connectivity index is 1.99. The Morgan fingerprint density at radius 1 is 0.706 bits per heavy atom. The van der Waals surface area contributed by atoms with Crippen molar-refractivity contribution >= 4 is 16.8 Å². The lowest BCUT2D eigenvalue weighted by molar-refractivity contribution is 0.353. The third kappa shape index (κ3) is 3.96. The first-order valence-corrected chi connectivity index (χ1v) is 11.2. The van der Waals surface area contributed by atoms with Crippen molar-refractivity contribution in [3.8, 4) is 34.1 Å². The van der Waals surface area contributed by atoms with Crippen LogP contribution in [0.1, 0.15) is 22.3 Å². The molecular weight excluding hydrogens is 424 g/mol. The van der Waals surface area contributed by atoms with Crippen molar-refractivity contribution in [1.29, 1.82) is 0 Å². The Bertz CT molecular complexity index is 1340. The lowest BCUT2D eigenvalue weighted by Gasteiger charge is -2.20. The van der Waals surface area contributed by atoms with Gasteiger partial charge in [0.05, 0.1) is 28.4 Å². The molecule has 0 aliphatic heterocycles. The van der Waals surface area contributed by atoms with Crippen LogP contribution in [0.5, 0.6) is 23.0 Å². The fourth-order valence-electron chi connectivity index (χ4n) is 4.68. The van der Waals surface area contributed by atoms with Crippen LogP contribution >= 0.6 is 0 Å². The molecule has 0 heterocycles.